The highest BCUT2D eigenvalue weighted by Gasteiger charge is 2.39. The van der Waals surface area contributed by atoms with Crippen molar-refractivity contribution >= 4 is 38.9 Å². The number of rotatable bonds is 6. The molecule has 1 aromatic carbocycles. The minimum atomic E-state index is -2.83. The lowest BCUT2D eigenvalue weighted by Gasteiger charge is -2.41. The first kappa shape index (κ1) is 24.2. The molecular formula is C25H29ClFN5O2S. The summed E-state index contributed by atoms with van der Waals surface area (Å²) in [4.78, 5) is 10.9. The van der Waals surface area contributed by atoms with Gasteiger partial charge < -0.3 is 10.6 Å². The molecule has 0 spiro atoms. The summed E-state index contributed by atoms with van der Waals surface area (Å²) in [6.07, 6.45) is 8.25. The van der Waals surface area contributed by atoms with Crippen LogP contribution < -0.4 is 10.6 Å². The van der Waals surface area contributed by atoms with Crippen molar-refractivity contribution in [2.45, 2.75) is 45.1 Å². The summed E-state index contributed by atoms with van der Waals surface area (Å²) < 4.78 is 38.1. The summed E-state index contributed by atoms with van der Waals surface area (Å²) in [5, 5.41) is 6.57. The summed E-state index contributed by atoms with van der Waals surface area (Å²) in [5.41, 5.74) is 4.49. The van der Waals surface area contributed by atoms with Gasteiger partial charge in [0.15, 0.2) is 15.7 Å². The zero-order chi connectivity index (χ0) is 24.7. The third-order valence-electron chi connectivity index (χ3n) is 7.03. The third kappa shape index (κ3) is 5.37. The van der Waals surface area contributed by atoms with Gasteiger partial charge in [-0.2, -0.15) is 4.98 Å². The Balaban J connectivity index is 1.26. The van der Waals surface area contributed by atoms with Gasteiger partial charge in [-0.05, 0) is 81.5 Å². The largest absolute Gasteiger partial charge is 0.339 e. The standard InChI is InChI=1S/C25H29ClFN5O2S/c1-15-3-4-18(9-15)29-24-21(26)12-28-25(31-24)30-23-10-16(2)20(11-22(23)27)17-5-7-32(8-6-17)19-13-35(33,34)14-19/h4,9-12,17,19H,3,5-8,13-14H2,1-2H3,(H2,28,29,30,31). The second kappa shape index (κ2) is 9.52. The topological polar surface area (TPSA) is 87.2 Å². The van der Waals surface area contributed by atoms with Crippen molar-refractivity contribution in [3.63, 3.8) is 0 Å². The van der Waals surface area contributed by atoms with E-state index in [0.29, 0.717) is 16.5 Å². The van der Waals surface area contributed by atoms with Gasteiger partial charge in [0.05, 0.1) is 23.4 Å². The lowest BCUT2D eigenvalue weighted by atomic mass is 9.86. The maximum absolute atomic E-state index is 15.1. The lowest BCUT2D eigenvalue weighted by Crippen LogP contribution is -2.55. The van der Waals surface area contributed by atoms with Crippen molar-refractivity contribution in [1.29, 1.82) is 0 Å². The number of sulfone groups is 1. The molecular weight excluding hydrogens is 489 g/mol. The Hall–Kier alpha value is -2.49. The van der Waals surface area contributed by atoms with Gasteiger partial charge in [0.25, 0.3) is 0 Å². The normalized spacial score (nSPS) is 20.8. The van der Waals surface area contributed by atoms with Gasteiger partial charge >= 0.3 is 0 Å². The van der Waals surface area contributed by atoms with Gasteiger partial charge in [0.2, 0.25) is 5.95 Å². The van der Waals surface area contributed by atoms with E-state index in [0.717, 1.165) is 49.2 Å². The van der Waals surface area contributed by atoms with Gasteiger partial charge in [-0.3, -0.25) is 4.90 Å². The summed E-state index contributed by atoms with van der Waals surface area (Å²) >= 11 is 6.26. The van der Waals surface area contributed by atoms with Crippen molar-refractivity contribution in [1.82, 2.24) is 14.9 Å². The molecule has 1 aliphatic carbocycles. The number of likely N-dealkylation sites (tertiary alicyclic amines) is 1. The van der Waals surface area contributed by atoms with E-state index in [1.54, 1.807) is 12.1 Å². The van der Waals surface area contributed by atoms with Crippen LogP contribution in [0.5, 0.6) is 0 Å². The van der Waals surface area contributed by atoms with E-state index in [9.17, 15) is 8.42 Å². The fraction of sp³-hybridized carbons (Fsp3) is 0.440. The molecule has 0 radical (unpaired) electrons. The average Bonchev–Trinajstić information content (AvgIpc) is 3.21. The molecule has 5 rings (SSSR count). The summed E-state index contributed by atoms with van der Waals surface area (Å²) in [5.74, 6) is 1.15. The summed E-state index contributed by atoms with van der Waals surface area (Å²) in [6, 6.07) is 3.55. The molecule has 0 unspecified atom stereocenters. The quantitative estimate of drug-likeness (QED) is 0.561. The van der Waals surface area contributed by atoms with Crippen molar-refractivity contribution in [3.8, 4) is 0 Å². The molecule has 186 valence electrons. The number of hydrogen-bond donors (Lipinski definition) is 2. The molecule has 2 aliphatic heterocycles. The van der Waals surface area contributed by atoms with E-state index in [-0.39, 0.29) is 35.2 Å². The number of nitrogens with zero attached hydrogens (tertiary/aromatic N) is 3. The molecule has 3 heterocycles. The molecule has 2 saturated heterocycles. The zero-order valence-electron chi connectivity index (χ0n) is 19.8. The van der Waals surface area contributed by atoms with Crippen LogP contribution in [0, 0.1) is 12.7 Å². The van der Waals surface area contributed by atoms with Crippen LogP contribution in [0.2, 0.25) is 5.02 Å². The number of allylic oxidation sites excluding steroid dienone is 3. The fourth-order valence-corrected chi connectivity index (χ4v) is 6.70. The van der Waals surface area contributed by atoms with Crippen LogP contribution in [0.1, 0.15) is 43.2 Å². The van der Waals surface area contributed by atoms with Crippen molar-refractivity contribution in [2.75, 3.05) is 35.2 Å². The molecule has 10 heteroatoms. The SMILES string of the molecule is CC1=CC(Nc2nc(Nc3cc(C)c(C4CCN(C5CS(=O)(=O)C5)CC4)cc3F)ncc2Cl)=CC1. The number of aromatic nitrogens is 2. The van der Waals surface area contributed by atoms with E-state index in [2.05, 4.69) is 38.5 Å². The molecule has 7 nitrogen and oxygen atoms in total. The molecule has 0 atom stereocenters. The smallest absolute Gasteiger partial charge is 0.229 e. The predicted molar refractivity (Wildman–Crippen MR) is 138 cm³/mol. The highest BCUT2D eigenvalue weighted by atomic mass is 35.5. The Bertz CT molecular complexity index is 1310. The molecule has 2 fully saturated rings. The van der Waals surface area contributed by atoms with Gasteiger partial charge in [-0.1, -0.05) is 23.3 Å². The van der Waals surface area contributed by atoms with E-state index in [1.807, 2.05) is 13.0 Å². The molecule has 0 bridgehead atoms. The summed E-state index contributed by atoms with van der Waals surface area (Å²) in [7, 11) is -2.83. The number of piperidine rings is 1. The zero-order valence-corrected chi connectivity index (χ0v) is 21.4. The number of hydrogen-bond acceptors (Lipinski definition) is 7. The Morgan fingerprint density at radius 2 is 1.89 bits per heavy atom. The van der Waals surface area contributed by atoms with Crippen molar-refractivity contribution in [2.24, 2.45) is 0 Å². The molecule has 3 aliphatic rings. The van der Waals surface area contributed by atoms with Crippen LogP contribution in [0.4, 0.5) is 21.8 Å². The first-order valence-electron chi connectivity index (χ1n) is 11.9. The minimum Gasteiger partial charge on any atom is -0.339 e. The maximum atomic E-state index is 15.1. The first-order valence-corrected chi connectivity index (χ1v) is 14.1. The van der Waals surface area contributed by atoms with Crippen LogP contribution in [0.25, 0.3) is 0 Å². The van der Waals surface area contributed by atoms with Crippen LogP contribution in [-0.2, 0) is 9.84 Å². The highest BCUT2D eigenvalue weighted by molar-refractivity contribution is 7.92. The second-order valence-corrected chi connectivity index (χ2v) is 12.3. The lowest BCUT2D eigenvalue weighted by molar-refractivity contribution is 0.166. The van der Waals surface area contributed by atoms with Crippen molar-refractivity contribution < 1.29 is 12.8 Å². The van der Waals surface area contributed by atoms with E-state index in [1.165, 1.54) is 11.8 Å². The minimum absolute atomic E-state index is 0.147. The number of nitrogens with one attached hydrogen (secondary N) is 2. The Kier molecular flexibility index (Phi) is 6.59. The fourth-order valence-electron chi connectivity index (χ4n) is 5.07. The molecule has 2 aromatic rings. The van der Waals surface area contributed by atoms with Gasteiger partial charge in [0.1, 0.15) is 10.8 Å². The molecule has 0 amide bonds. The van der Waals surface area contributed by atoms with Crippen LogP contribution in [0.3, 0.4) is 0 Å². The number of halogens is 2. The molecule has 35 heavy (non-hydrogen) atoms. The molecule has 0 saturated carbocycles. The number of benzene rings is 1. The van der Waals surface area contributed by atoms with Gasteiger partial charge in [0, 0.05) is 11.7 Å². The number of aryl methyl sites for hydroxylation is 1. The van der Waals surface area contributed by atoms with Crippen LogP contribution in [0.15, 0.2) is 41.8 Å². The van der Waals surface area contributed by atoms with Crippen molar-refractivity contribution in [3.05, 3.63) is 63.7 Å². The van der Waals surface area contributed by atoms with Crippen LogP contribution in [-0.4, -0.2) is 53.9 Å². The highest BCUT2D eigenvalue weighted by Crippen LogP contribution is 2.35. The van der Waals surface area contributed by atoms with Gasteiger partial charge in [-0.15, -0.1) is 0 Å². The Morgan fingerprint density at radius 3 is 2.54 bits per heavy atom. The molecule has 2 N–H and O–H groups in total. The van der Waals surface area contributed by atoms with E-state index < -0.39 is 9.84 Å². The van der Waals surface area contributed by atoms with E-state index in [4.69, 9.17) is 11.6 Å². The number of anilines is 3. The maximum Gasteiger partial charge on any atom is 0.229 e. The summed E-state index contributed by atoms with van der Waals surface area (Å²) in [6.45, 7) is 5.72. The molecule has 1 aromatic heterocycles. The first-order chi connectivity index (χ1) is 16.7. The third-order valence-corrected chi connectivity index (χ3v) is 9.10. The average molecular weight is 518 g/mol. The monoisotopic (exact) mass is 517 g/mol. The Morgan fingerprint density at radius 1 is 1.14 bits per heavy atom. The van der Waals surface area contributed by atoms with Crippen LogP contribution >= 0.6 is 11.6 Å². The van der Waals surface area contributed by atoms with Gasteiger partial charge in [-0.25, -0.2) is 17.8 Å². The second-order valence-electron chi connectivity index (χ2n) is 9.72. The Labute approximate surface area is 210 Å². The predicted octanol–water partition coefficient (Wildman–Crippen LogP) is 4.94. The van der Waals surface area contributed by atoms with E-state index >= 15 is 4.39 Å².